The quantitative estimate of drug-likeness (QED) is 0.509. The summed E-state index contributed by atoms with van der Waals surface area (Å²) in [6.07, 6.45) is 5.27. The van der Waals surface area contributed by atoms with Crippen molar-refractivity contribution < 1.29 is 0 Å². The second kappa shape index (κ2) is 5.81. The fourth-order valence-corrected chi connectivity index (χ4v) is 1.88. The first-order valence-electron chi connectivity index (χ1n) is 6.33. The molecule has 0 atom stereocenters. The number of nitrogen functional groups attached to an aromatic ring is 1. The number of nitrogens with zero attached hydrogens (tertiary/aromatic N) is 4. The SMILES string of the molecule is CN(C)c1nc(NN)nc(NCCC2CCC2)n1. The van der Waals surface area contributed by atoms with Crippen LogP contribution in [0.4, 0.5) is 17.8 Å². The van der Waals surface area contributed by atoms with Crippen LogP contribution in [0.3, 0.4) is 0 Å². The van der Waals surface area contributed by atoms with Crippen LogP contribution in [0.25, 0.3) is 0 Å². The average molecular weight is 251 g/mol. The minimum Gasteiger partial charge on any atom is -0.354 e. The van der Waals surface area contributed by atoms with E-state index in [9.17, 15) is 0 Å². The van der Waals surface area contributed by atoms with Crippen molar-refractivity contribution in [2.24, 2.45) is 11.8 Å². The van der Waals surface area contributed by atoms with Gasteiger partial charge in [-0.2, -0.15) is 15.0 Å². The Morgan fingerprint density at radius 1 is 1.22 bits per heavy atom. The molecular formula is C11H21N7. The molecule has 1 heterocycles. The molecular weight excluding hydrogens is 230 g/mol. The van der Waals surface area contributed by atoms with Crippen LogP contribution in [0.2, 0.25) is 0 Å². The van der Waals surface area contributed by atoms with Crippen molar-refractivity contribution in [3.63, 3.8) is 0 Å². The molecule has 0 radical (unpaired) electrons. The van der Waals surface area contributed by atoms with Crippen molar-refractivity contribution in [3.8, 4) is 0 Å². The Balaban J connectivity index is 1.94. The van der Waals surface area contributed by atoms with Crippen LogP contribution in [0.15, 0.2) is 0 Å². The van der Waals surface area contributed by atoms with E-state index in [1.165, 1.54) is 25.7 Å². The molecule has 0 aromatic carbocycles. The van der Waals surface area contributed by atoms with Gasteiger partial charge in [-0.05, 0) is 12.3 Å². The minimum absolute atomic E-state index is 0.375. The van der Waals surface area contributed by atoms with Gasteiger partial charge in [-0.15, -0.1) is 0 Å². The van der Waals surface area contributed by atoms with Crippen molar-refractivity contribution in [3.05, 3.63) is 0 Å². The van der Waals surface area contributed by atoms with Gasteiger partial charge in [0.25, 0.3) is 0 Å². The molecule has 2 rings (SSSR count). The molecule has 1 aliphatic carbocycles. The van der Waals surface area contributed by atoms with Gasteiger partial charge < -0.3 is 10.2 Å². The topological polar surface area (TPSA) is 92.0 Å². The highest BCUT2D eigenvalue weighted by Crippen LogP contribution is 2.29. The van der Waals surface area contributed by atoms with Crippen LogP contribution >= 0.6 is 0 Å². The van der Waals surface area contributed by atoms with Gasteiger partial charge >= 0.3 is 0 Å². The highest BCUT2D eigenvalue weighted by Gasteiger charge is 2.16. The largest absolute Gasteiger partial charge is 0.354 e. The zero-order valence-corrected chi connectivity index (χ0v) is 11.0. The monoisotopic (exact) mass is 251 g/mol. The molecule has 1 aliphatic rings. The first-order chi connectivity index (χ1) is 8.69. The molecule has 0 unspecified atom stereocenters. The summed E-state index contributed by atoms with van der Waals surface area (Å²) in [5.74, 6) is 7.75. The van der Waals surface area contributed by atoms with Crippen LogP contribution in [0.5, 0.6) is 0 Å². The van der Waals surface area contributed by atoms with E-state index in [1.54, 1.807) is 0 Å². The molecule has 7 heteroatoms. The lowest BCUT2D eigenvalue weighted by Gasteiger charge is -2.25. The van der Waals surface area contributed by atoms with Crippen LogP contribution in [-0.2, 0) is 0 Å². The summed E-state index contributed by atoms with van der Waals surface area (Å²) in [7, 11) is 3.77. The van der Waals surface area contributed by atoms with Crippen LogP contribution in [0, 0.1) is 5.92 Å². The number of hydrogen-bond acceptors (Lipinski definition) is 7. The van der Waals surface area contributed by atoms with E-state index in [2.05, 4.69) is 25.7 Å². The summed E-state index contributed by atoms with van der Waals surface area (Å²) in [6, 6.07) is 0. The van der Waals surface area contributed by atoms with Crippen molar-refractivity contribution >= 4 is 17.8 Å². The first kappa shape index (κ1) is 12.8. The summed E-state index contributed by atoms with van der Waals surface area (Å²) in [5.41, 5.74) is 2.46. The molecule has 0 spiro atoms. The maximum atomic E-state index is 5.35. The van der Waals surface area contributed by atoms with Gasteiger partial charge in [-0.1, -0.05) is 19.3 Å². The maximum Gasteiger partial charge on any atom is 0.243 e. The molecule has 0 amide bonds. The van der Waals surface area contributed by atoms with Crippen LogP contribution in [0.1, 0.15) is 25.7 Å². The molecule has 1 fully saturated rings. The molecule has 0 saturated heterocycles. The number of hydrogen-bond donors (Lipinski definition) is 3. The minimum atomic E-state index is 0.375. The number of nitrogens with two attached hydrogens (primary N) is 1. The summed E-state index contributed by atoms with van der Waals surface area (Å²) in [6.45, 7) is 0.894. The molecule has 4 N–H and O–H groups in total. The Labute approximate surface area is 107 Å². The Morgan fingerprint density at radius 3 is 2.50 bits per heavy atom. The third-order valence-electron chi connectivity index (χ3n) is 3.21. The first-order valence-corrected chi connectivity index (χ1v) is 6.33. The standard InChI is InChI=1S/C11H21N7/c1-18(2)11-15-9(14-10(16-11)17-12)13-7-6-8-4-3-5-8/h8H,3-7,12H2,1-2H3,(H2,13,14,15,16,17). The van der Waals surface area contributed by atoms with E-state index in [0.717, 1.165) is 12.5 Å². The van der Waals surface area contributed by atoms with Crippen molar-refractivity contribution in [2.45, 2.75) is 25.7 Å². The zero-order valence-electron chi connectivity index (χ0n) is 11.0. The normalized spacial score (nSPS) is 15.1. The van der Waals surface area contributed by atoms with E-state index in [0.29, 0.717) is 17.8 Å². The van der Waals surface area contributed by atoms with Gasteiger partial charge in [0.2, 0.25) is 17.8 Å². The van der Waals surface area contributed by atoms with Gasteiger partial charge in [0, 0.05) is 20.6 Å². The van der Waals surface area contributed by atoms with E-state index >= 15 is 0 Å². The number of aromatic nitrogens is 3. The van der Waals surface area contributed by atoms with E-state index in [1.807, 2.05) is 19.0 Å². The van der Waals surface area contributed by atoms with Gasteiger partial charge in [0.15, 0.2) is 0 Å². The predicted octanol–water partition coefficient (Wildman–Crippen LogP) is 0.825. The smallest absolute Gasteiger partial charge is 0.243 e. The van der Waals surface area contributed by atoms with Gasteiger partial charge in [-0.25, -0.2) is 5.84 Å². The lowest BCUT2D eigenvalue weighted by Crippen LogP contribution is -2.20. The van der Waals surface area contributed by atoms with E-state index in [4.69, 9.17) is 5.84 Å². The molecule has 1 aromatic heterocycles. The lowest BCUT2D eigenvalue weighted by molar-refractivity contribution is 0.303. The molecule has 0 aliphatic heterocycles. The molecule has 1 saturated carbocycles. The fraction of sp³-hybridized carbons (Fsp3) is 0.727. The Kier molecular flexibility index (Phi) is 4.14. The van der Waals surface area contributed by atoms with Gasteiger partial charge in [0.1, 0.15) is 0 Å². The Bertz CT molecular complexity index is 389. The molecule has 0 bridgehead atoms. The summed E-state index contributed by atoms with van der Waals surface area (Å²) in [4.78, 5) is 14.5. The van der Waals surface area contributed by atoms with E-state index in [-0.39, 0.29) is 0 Å². The number of nitrogens with one attached hydrogen (secondary N) is 2. The van der Waals surface area contributed by atoms with Gasteiger partial charge in [-0.3, -0.25) is 5.43 Å². The maximum absolute atomic E-state index is 5.35. The third-order valence-corrected chi connectivity index (χ3v) is 3.21. The number of hydrazine groups is 1. The number of rotatable bonds is 6. The molecule has 18 heavy (non-hydrogen) atoms. The Morgan fingerprint density at radius 2 is 1.94 bits per heavy atom. The third kappa shape index (κ3) is 3.19. The van der Waals surface area contributed by atoms with Gasteiger partial charge in [0.05, 0.1) is 0 Å². The molecule has 1 aromatic rings. The predicted molar refractivity (Wildman–Crippen MR) is 72.4 cm³/mol. The van der Waals surface area contributed by atoms with E-state index < -0.39 is 0 Å². The highest BCUT2D eigenvalue weighted by atomic mass is 15.4. The second-order valence-electron chi connectivity index (χ2n) is 4.83. The summed E-state index contributed by atoms with van der Waals surface area (Å²) >= 11 is 0. The summed E-state index contributed by atoms with van der Waals surface area (Å²) in [5, 5.41) is 3.23. The molecule has 100 valence electrons. The number of anilines is 3. The lowest BCUT2D eigenvalue weighted by atomic mass is 9.83. The highest BCUT2D eigenvalue weighted by molar-refractivity contribution is 5.42. The fourth-order valence-electron chi connectivity index (χ4n) is 1.88. The van der Waals surface area contributed by atoms with Crippen molar-refractivity contribution in [2.75, 3.05) is 36.3 Å². The van der Waals surface area contributed by atoms with Crippen molar-refractivity contribution in [1.82, 2.24) is 15.0 Å². The average Bonchev–Trinajstić information content (AvgIpc) is 2.31. The molecule has 7 nitrogen and oxygen atoms in total. The summed E-state index contributed by atoms with van der Waals surface area (Å²) < 4.78 is 0. The van der Waals surface area contributed by atoms with Crippen LogP contribution < -0.4 is 21.5 Å². The van der Waals surface area contributed by atoms with Crippen LogP contribution in [-0.4, -0.2) is 35.6 Å². The zero-order chi connectivity index (χ0) is 13.0. The van der Waals surface area contributed by atoms with Crippen molar-refractivity contribution in [1.29, 1.82) is 0 Å². The Hall–Kier alpha value is -1.63. The second-order valence-corrected chi connectivity index (χ2v) is 4.83.